The number of carbonyl (C=O) groups is 4. The molecule has 3 amide bonds. The second kappa shape index (κ2) is 16.1. The van der Waals surface area contributed by atoms with Crippen LogP contribution in [0.15, 0.2) is 30.3 Å². The van der Waals surface area contributed by atoms with Gasteiger partial charge in [0.05, 0.1) is 12.5 Å². The van der Waals surface area contributed by atoms with Gasteiger partial charge in [-0.3, -0.25) is 14.4 Å². The molecule has 0 aliphatic rings. The first-order chi connectivity index (χ1) is 15.8. The van der Waals surface area contributed by atoms with Gasteiger partial charge in [-0.2, -0.15) is 11.8 Å². The third-order valence-corrected chi connectivity index (χ3v) is 5.57. The first kappa shape index (κ1) is 28.4. The van der Waals surface area contributed by atoms with Crippen molar-refractivity contribution < 1.29 is 24.3 Å². The zero-order valence-corrected chi connectivity index (χ0v) is 19.7. The van der Waals surface area contributed by atoms with Gasteiger partial charge < -0.3 is 32.5 Å². The summed E-state index contributed by atoms with van der Waals surface area (Å²) in [6, 6.07) is 6.51. The summed E-state index contributed by atoms with van der Waals surface area (Å²) in [5.74, 6) is -2.52. The fourth-order valence-corrected chi connectivity index (χ4v) is 3.58. The van der Waals surface area contributed by atoms with Gasteiger partial charge in [-0.15, -0.1) is 0 Å². The fourth-order valence-electron chi connectivity index (χ4n) is 3.10. The lowest BCUT2D eigenvalue weighted by molar-refractivity contribution is -0.142. The number of nitrogens with one attached hydrogen (secondary N) is 3. The van der Waals surface area contributed by atoms with Crippen molar-refractivity contribution in [2.75, 3.05) is 18.6 Å². The van der Waals surface area contributed by atoms with Crippen LogP contribution in [0.1, 0.15) is 37.7 Å². The highest BCUT2D eigenvalue weighted by Crippen LogP contribution is 2.06. The Labute approximate surface area is 198 Å². The van der Waals surface area contributed by atoms with Crippen LogP contribution >= 0.6 is 11.8 Å². The molecule has 33 heavy (non-hydrogen) atoms. The van der Waals surface area contributed by atoms with Gasteiger partial charge in [0, 0.05) is 6.54 Å². The Hall–Kier alpha value is -2.63. The maximum absolute atomic E-state index is 13.0. The van der Waals surface area contributed by atoms with Gasteiger partial charge in [0.2, 0.25) is 17.7 Å². The van der Waals surface area contributed by atoms with E-state index in [2.05, 4.69) is 16.0 Å². The van der Waals surface area contributed by atoms with Gasteiger partial charge in [0.25, 0.3) is 0 Å². The minimum absolute atomic E-state index is 0.185. The van der Waals surface area contributed by atoms with Gasteiger partial charge in [-0.05, 0) is 49.8 Å². The Morgan fingerprint density at radius 3 is 2.18 bits per heavy atom. The number of amides is 3. The van der Waals surface area contributed by atoms with E-state index in [0.717, 1.165) is 5.56 Å². The Kier molecular flexibility index (Phi) is 13.8. The Balaban J connectivity index is 2.85. The number of unbranched alkanes of at least 4 members (excludes halogenated alkanes) is 1. The van der Waals surface area contributed by atoms with Gasteiger partial charge >= 0.3 is 5.97 Å². The molecule has 11 heteroatoms. The molecule has 184 valence electrons. The Morgan fingerprint density at radius 1 is 0.970 bits per heavy atom. The summed E-state index contributed by atoms with van der Waals surface area (Å²) in [7, 11) is 0. The number of rotatable bonds is 17. The van der Waals surface area contributed by atoms with E-state index in [4.69, 9.17) is 11.5 Å². The number of benzene rings is 1. The van der Waals surface area contributed by atoms with Crippen molar-refractivity contribution >= 4 is 35.5 Å². The highest BCUT2D eigenvalue weighted by molar-refractivity contribution is 7.98. The van der Waals surface area contributed by atoms with Gasteiger partial charge in [0.15, 0.2) is 0 Å². The zero-order chi connectivity index (χ0) is 24.6. The summed E-state index contributed by atoms with van der Waals surface area (Å²) >= 11 is 1.58. The molecule has 0 spiro atoms. The van der Waals surface area contributed by atoms with E-state index in [1.807, 2.05) is 36.6 Å². The molecule has 0 aromatic heterocycles. The quantitative estimate of drug-likeness (QED) is 0.168. The second-order valence-corrected chi connectivity index (χ2v) is 8.60. The molecule has 8 N–H and O–H groups in total. The minimum atomic E-state index is -1.28. The highest BCUT2D eigenvalue weighted by atomic mass is 32.2. The molecular formula is C22H35N5O5S. The average Bonchev–Trinajstić information content (AvgIpc) is 2.78. The van der Waals surface area contributed by atoms with Crippen LogP contribution in [0.3, 0.4) is 0 Å². The van der Waals surface area contributed by atoms with Crippen molar-refractivity contribution in [1.82, 2.24) is 16.0 Å². The van der Waals surface area contributed by atoms with Crippen LogP contribution in [-0.2, 0) is 25.7 Å². The van der Waals surface area contributed by atoms with Crippen molar-refractivity contribution in [2.45, 2.75) is 56.8 Å². The lowest BCUT2D eigenvalue weighted by Crippen LogP contribution is -2.56. The summed E-state index contributed by atoms with van der Waals surface area (Å²) in [4.78, 5) is 48.7. The summed E-state index contributed by atoms with van der Waals surface area (Å²) in [6.07, 6.45) is 3.30. The van der Waals surface area contributed by atoms with E-state index < -0.39 is 48.2 Å². The lowest BCUT2D eigenvalue weighted by atomic mass is 10.1. The highest BCUT2D eigenvalue weighted by Gasteiger charge is 2.29. The number of hydrogen-bond donors (Lipinski definition) is 6. The molecule has 0 radical (unpaired) electrons. The van der Waals surface area contributed by atoms with Gasteiger partial charge in [-0.1, -0.05) is 30.3 Å². The number of carbonyl (C=O) groups excluding carboxylic acids is 3. The van der Waals surface area contributed by atoms with Crippen LogP contribution in [0.5, 0.6) is 0 Å². The van der Waals surface area contributed by atoms with Crippen LogP contribution in [0.2, 0.25) is 0 Å². The topological polar surface area (TPSA) is 177 Å². The predicted octanol–water partition coefficient (Wildman–Crippen LogP) is -0.0435. The van der Waals surface area contributed by atoms with E-state index in [0.29, 0.717) is 38.1 Å². The molecule has 0 unspecified atom stereocenters. The molecule has 0 saturated heterocycles. The average molecular weight is 482 g/mol. The van der Waals surface area contributed by atoms with E-state index in [1.54, 1.807) is 11.8 Å². The molecule has 0 fully saturated rings. The van der Waals surface area contributed by atoms with Gasteiger partial charge in [0.1, 0.15) is 12.1 Å². The molecule has 0 heterocycles. The van der Waals surface area contributed by atoms with Gasteiger partial charge in [-0.25, -0.2) is 4.79 Å². The summed E-state index contributed by atoms with van der Waals surface area (Å²) < 4.78 is 0. The molecule has 1 rings (SSSR count). The molecule has 3 atom stereocenters. The number of carboxylic acid groups (broad SMARTS) is 1. The van der Waals surface area contributed by atoms with Crippen molar-refractivity contribution in [3.63, 3.8) is 0 Å². The molecule has 0 saturated carbocycles. The molecule has 1 aromatic rings. The van der Waals surface area contributed by atoms with E-state index in [9.17, 15) is 24.3 Å². The number of hydrogen-bond acceptors (Lipinski definition) is 7. The van der Waals surface area contributed by atoms with Crippen molar-refractivity contribution in [3.8, 4) is 0 Å². The smallest absolute Gasteiger partial charge is 0.326 e. The maximum Gasteiger partial charge on any atom is 0.326 e. The Morgan fingerprint density at radius 2 is 1.61 bits per heavy atom. The van der Waals surface area contributed by atoms with E-state index >= 15 is 0 Å². The summed E-state index contributed by atoms with van der Waals surface area (Å²) in [6.45, 7) is 0.857. The lowest BCUT2D eigenvalue weighted by Gasteiger charge is -2.24. The van der Waals surface area contributed by atoms with E-state index in [-0.39, 0.29) is 6.42 Å². The van der Waals surface area contributed by atoms with Crippen molar-refractivity contribution in [2.24, 2.45) is 11.5 Å². The van der Waals surface area contributed by atoms with Crippen LogP contribution < -0.4 is 27.4 Å². The number of primary amides is 1. The molecule has 0 bridgehead atoms. The zero-order valence-electron chi connectivity index (χ0n) is 18.9. The fraction of sp³-hybridized carbons (Fsp3) is 0.545. The molecule has 10 nitrogen and oxygen atoms in total. The number of nitrogens with two attached hydrogens (primary N) is 2. The standard InChI is InChI=1S/C22H35N5O5S/c1-33-12-10-16(25-14-15-7-3-2-4-8-15)20(29)27-18(13-19(24)28)21(30)26-17(22(31)32)9-5-6-11-23/h2-4,7-8,16-18,25H,5-6,9-14,23H2,1H3,(H2,24,28)(H,26,30)(H,27,29)(H,31,32)/t16-,17-,18-/m0/s1. The van der Waals surface area contributed by atoms with Crippen molar-refractivity contribution in [3.05, 3.63) is 35.9 Å². The predicted molar refractivity (Wildman–Crippen MR) is 128 cm³/mol. The first-order valence-electron chi connectivity index (χ1n) is 10.9. The first-order valence-corrected chi connectivity index (χ1v) is 12.3. The number of carboxylic acids is 1. The molecule has 0 aliphatic carbocycles. The van der Waals surface area contributed by atoms with E-state index in [1.165, 1.54) is 0 Å². The number of aliphatic carboxylic acids is 1. The van der Waals surface area contributed by atoms with Crippen LogP contribution in [0, 0.1) is 0 Å². The Bertz CT molecular complexity index is 765. The third kappa shape index (κ3) is 11.7. The molecule has 1 aromatic carbocycles. The minimum Gasteiger partial charge on any atom is -0.480 e. The van der Waals surface area contributed by atoms with Crippen LogP contribution in [0.4, 0.5) is 0 Å². The largest absolute Gasteiger partial charge is 0.480 e. The summed E-state index contributed by atoms with van der Waals surface area (Å²) in [5, 5.41) is 17.5. The third-order valence-electron chi connectivity index (χ3n) is 4.92. The van der Waals surface area contributed by atoms with Crippen LogP contribution in [0.25, 0.3) is 0 Å². The monoisotopic (exact) mass is 481 g/mol. The van der Waals surface area contributed by atoms with Crippen molar-refractivity contribution in [1.29, 1.82) is 0 Å². The normalized spacial score (nSPS) is 13.5. The molecular weight excluding hydrogens is 446 g/mol. The second-order valence-electron chi connectivity index (χ2n) is 7.62. The van der Waals surface area contributed by atoms with Crippen LogP contribution in [-0.4, -0.2) is 65.5 Å². The SMILES string of the molecule is CSCC[C@H](NCc1ccccc1)C(=O)N[C@@H](CC(N)=O)C(=O)N[C@@H](CCCCN)C(=O)O. The summed E-state index contributed by atoms with van der Waals surface area (Å²) in [5.41, 5.74) is 11.7. The number of thioether (sulfide) groups is 1. The maximum atomic E-state index is 13.0. The molecule has 0 aliphatic heterocycles.